The highest BCUT2D eigenvalue weighted by molar-refractivity contribution is 5.91. The van der Waals surface area contributed by atoms with Crippen LogP contribution in [0.3, 0.4) is 0 Å². The van der Waals surface area contributed by atoms with Crippen molar-refractivity contribution in [2.75, 3.05) is 12.4 Å². The molecule has 9 heteroatoms. The van der Waals surface area contributed by atoms with E-state index < -0.39 is 35.7 Å². The lowest BCUT2D eigenvalue weighted by Gasteiger charge is -2.22. The van der Waals surface area contributed by atoms with E-state index in [0.29, 0.717) is 22.4 Å². The lowest BCUT2D eigenvalue weighted by atomic mass is 9.96. The molecule has 2 aromatic rings. The van der Waals surface area contributed by atoms with Gasteiger partial charge in [0.05, 0.1) is 12.7 Å². The number of rotatable bonds is 8. The molecule has 0 spiro atoms. The van der Waals surface area contributed by atoms with Crippen molar-refractivity contribution in [2.24, 2.45) is 0 Å². The fraction of sp³-hybridized carbons (Fsp3) is 0.385. The number of anilines is 1. The molecule has 9 nitrogen and oxygen atoms in total. The summed E-state index contributed by atoms with van der Waals surface area (Å²) in [6.45, 7) is 8.14. The molecule has 0 saturated heterocycles. The van der Waals surface area contributed by atoms with Crippen LogP contribution in [0.5, 0.6) is 0 Å². The summed E-state index contributed by atoms with van der Waals surface area (Å²) >= 11 is 0. The normalized spacial score (nSPS) is 11.7. The molecule has 2 aromatic carbocycles. The minimum absolute atomic E-state index is 0.0323. The van der Waals surface area contributed by atoms with E-state index in [9.17, 15) is 19.2 Å². The van der Waals surface area contributed by atoms with Crippen LogP contribution < -0.4 is 5.32 Å². The van der Waals surface area contributed by atoms with Crippen LogP contribution >= 0.6 is 0 Å². The quantitative estimate of drug-likeness (QED) is 0.433. The summed E-state index contributed by atoms with van der Waals surface area (Å²) in [7, 11) is 1.20. The number of benzene rings is 2. The average molecular weight is 486 g/mol. The van der Waals surface area contributed by atoms with E-state index >= 15 is 0 Å². The molecule has 0 heterocycles. The molecule has 0 aromatic heterocycles. The highest BCUT2D eigenvalue weighted by Gasteiger charge is 2.27. The van der Waals surface area contributed by atoms with E-state index in [4.69, 9.17) is 18.9 Å². The summed E-state index contributed by atoms with van der Waals surface area (Å²) in [4.78, 5) is 48.7. The summed E-state index contributed by atoms with van der Waals surface area (Å²) in [5.74, 6) is -1.91. The second kappa shape index (κ2) is 12.0. The summed E-state index contributed by atoms with van der Waals surface area (Å²) in [5.41, 5.74) is 1.78. The van der Waals surface area contributed by atoms with Gasteiger partial charge in [0.1, 0.15) is 12.2 Å². The zero-order chi connectivity index (χ0) is 26.2. The van der Waals surface area contributed by atoms with Gasteiger partial charge in [-0.2, -0.15) is 0 Å². The standard InChI is InChI=1S/C26H31NO8/c1-16-20(15-33-17(2)28)19(12-13-21(16)27-25(31)35-26(3,4)5)14-22(24(30)32-6)34-23(29)18-10-8-7-9-11-18/h7-13,22H,14-15H2,1-6H3,(H,27,31)/t22-/m1/s1. The number of esters is 3. The van der Waals surface area contributed by atoms with Crippen LogP contribution in [0.2, 0.25) is 0 Å². The molecule has 0 unspecified atom stereocenters. The van der Waals surface area contributed by atoms with Crippen LogP contribution in [-0.2, 0) is 41.6 Å². The Morgan fingerprint density at radius 1 is 1.00 bits per heavy atom. The predicted octanol–water partition coefficient (Wildman–Crippen LogP) is 4.35. The topological polar surface area (TPSA) is 117 Å². The van der Waals surface area contributed by atoms with Crippen molar-refractivity contribution in [3.05, 3.63) is 64.7 Å². The number of hydrogen-bond donors (Lipinski definition) is 1. The molecule has 2 rings (SSSR count). The number of ether oxygens (including phenoxy) is 4. The van der Waals surface area contributed by atoms with Crippen molar-refractivity contribution in [1.29, 1.82) is 0 Å². The van der Waals surface area contributed by atoms with Crippen molar-refractivity contribution >= 4 is 29.7 Å². The molecule has 0 fully saturated rings. The fourth-order valence-corrected chi connectivity index (χ4v) is 3.20. The maximum absolute atomic E-state index is 12.6. The molecule has 0 aliphatic carbocycles. The summed E-state index contributed by atoms with van der Waals surface area (Å²) < 4.78 is 20.8. The lowest BCUT2D eigenvalue weighted by molar-refractivity contribution is -0.151. The van der Waals surface area contributed by atoms with E-state index in [0.717, 1.165) is 0 Å². The van der Waals surface area contributed by atoms with Crippen molar-refractivity contribution in [2.45, 2.75) is 59.4 Å². The maximum Gasteiger partial charge on any atom is 0.412 e. The number of carbonyl (C=O) groups excluding carboxylic acids is 4. The first-order valence-corrected chi connectivity index (χ1v) is 11.0. The Labute approximate surface area is 204 Å². The molecule has 1 amide bonds. The molecule has 188 valence electrons. The first-order chi connectivity index (χ1) is 16.4. The van der Waals surface area contributed by atoms with Crippen molar-refractivity contribution in [1.82, 2.24) is 0 Å². The summed E-state index contributed by atoms with van der Waals surface area (Å²) in [5, 5.41) is 2.68. The summed E-state index contributed by atoms with van der Waals surface area (Å²) in [6.07, 6.45) is -1.92. The van der Waals surface area contributed by atoms with Crippen LogP contribution in [0, 0.1) is 6.92 Å². The Kier molecular flexibility index (Phi) is 9.39. The first-order valence-electron chi connectivity index (χ1n) is 11.0. The second-order valence-corrected chi connectivity index (χ2v) is 8.77. The molecular formula is C26H31NO8. The van der Waals surface area contributed by atoms with Crippen LogP contribution in [0.1, 0.15) is 54.7 Å². The largest absolute Gasteiger partial charge is 0.466 e. The number of methoxy groups -OCH3 is 1. The third-order valence-electron chi connectivity index (χ3n) is 4.88. The van der Waals surface area contributed by atoms with Gasteiger partial charge in [-0.3, -0.25) is 10.1 Å². The third-order valence-corrected chi connectivity index (χ3v) is 4.88. The van der Waals surface area contributed by atoms with Gasteiger partial charge >= 0.3 is 24.0 Å². The Bertz CT molecular complexity index is 1070. The van der Waals surface area contributed by atoms with E-state index in [-0.39, 0.29) is 18.6 Å². The van der Waals surface area contributed by atoms with Crippen LogP contribution in [0.4, 0.5) is 10.5 Å². The van der Waals surface area contributed by atoms with Crippen molar-refractivity contribution < 1.29 is 38.1 Å². The molecule has 0 aliphatic rings. The molecule has 35 heavy (non-hydrogen) atoms. The van der Waals surface area contributed by atoms with Gasteiger partial charge in [-0.05, 0) is 62.6 Å². The zero-order valence-electron chi connectivity index (χ0n) is 20.8. The first kappa shape index (κ1) is 27.4. The number of nitrogens with one attached hydrogen (secondary N) is 1. The average Bonchev–Trinajstić information content (AvgIpc) is 2.78. The van der Waals surface area contributed by atoms with E-state index in [1.54, 1.807) is 70.2 Å². The van der Waals surface area contributed by atoms with Crippen LogP contribution in [0.15, 0.2) is 42.5 Å². The van der Waals surface area contributed by atoms with Crippen LogP contribution in [0.25, 0.3) is 0 Å². The predicted molar refractivity (Wildman–Crippen MR) is 128 cm³/mol. The van der Waals surface area contributed by atoms with Gasteiger partial charge < -0.3 is 18.9 Å². The summed E-state index contributed by atoms with van der Waals surface area (Å²) in [6, 6.07) is 11.6. The van der Waals surface area contributed by atoms with Gasteiger partial charge in [-0.25, -0.2) is 14.4 Å². The van der Waals surface area contributed by atoms with Gasteiger partial charge in [0, 0.05) is 19.0 Å². The van der Waals surface area contributed by atoms with E-state index in [1.807, 2.05) is 0 Å². The van der Waals surface area contributed by atoms with Crippen molar-refractivity contribution in [3.63, 3.8) is 0 Å². The Hall–Kier alpha value is -3.88. The molecular weight excluding hydrogens is 454 g/mol. The molecule has 0 aliphatic heterocycles. The van der Waals surface area contributed by atoms with Gasteiger partial charge in [-0.1, -0.05) is 24.3 Å². The van der Waals surface area contributed by atoms with Crippen molar-refractivity contribution in [3.8, 4) is 0 Å². The minimum Gasteiger partial charge on any atom is -0.466 e. The molecule has 0 bridgehead atoms. The number of carbonyl (C=O) groups is 4. The molecule has 0 radical (unpaired) electrons. The fourth-order valence-electron chi connectivity index (χ4n) is 3.20. The molecule has 1 N–H and O–H groups in total. The number of amides is 1. The van der Waals surface area contributed by atoms with Gasteiger partial charge in [-0.15, -0.1) is 0 Å². The smallest absolute Gasteiger partial charge is 0.412 e. The zero-order valence-corrected chi connectivity index (χ0v) is 20.8. The number of hydrogen-bond acceptors (Lipinski definition) is 8. The molecule has 0 saturated carbocycles. The van der Waals surface area contributed by atoms with Gasteiger partial charge in [0.25, 0.3) is 0 Å². The SMILES string of the molecule is COC(=O)[C@@H](Cc1ccc(NC(=O)OC(C)(C)C)c(C)c1COC(C)=O)OC(=O)c1ccccc1. The second-order valence-electron chi connectivity index (χ2n) is 8.77. The van der Waals surface area contributed by atoms with Crippen LogP contribution in [-0.4, -0.2) is 42.8 Å². The van der Waals surface area contributed by atoms with E-state index in [1.165, 1.54) is 14.0 Å². The Morgan fingerprint density at radius 3 is 2.23 bits per heavy atom. The lowest BCUT2D eigenvalue weighted by Crippen LogP contribution is -2.31. The maximum atomic E-state index is 12.6. The van der Waals surface area contributed by atoms with Gasteiger partial charge in [0.15, 0.2) is 0 Å². The van der Waals surface area contributed by atoms with Gasteiger partial charge in [0.2, 0.25) is 6.10 Å². The third kappa shape index (κ3) is 8.44. The molecule has 1 atom stereocenters. The minimum atomic E-state index is -1.24. The van der Waals surface area contributed by atoms with E-state index in [2.05, 4.69) is 5.32 Å². The Balaban J connectivity index is 2.36. The highest BCUT2D eigenvalue weighted by Crippen LogP contribution is 2.26. The monoisotopic (exact) mass is 485 g/mol. The Morgan fingerprint density at radius 2 is 1.66 bits per heavy atom. The highest BCUT2D eigenvalue weighted by atomic mass is 16.6.